The Balaban J connectivity index is 1.42. The van der Waals surface area contributed by atoms with E-state index in [1.165, 1.54) is 6.07 Å². The van der Waals surface area contributed by atoms with Gasteiger partial charge in [-0.3, -0.25) is 19.7 Å². The van der Waals surface area contributed by atoms with E-state index in [0.717, 1.165) is 17.7 Å². The van der Waals surface area contributed by atoms with Crippen molar-refractivity contribution >= 4 is 11.8 Å². The summed E-state index contributed by atoms with van der Waals surface area (Å²) >= 11 is 0. The number of aromatic nitrogens is 1. The van der Waals surface area contributed by atoms with E-state index in [0.29, 0.717) is 25.1 Å². The van der Waals surface area contributed by atoms with Crippen LogP contribution in [-0.4, -0.2) is 40.0 Å². The second-order valence-corrected chi connectivity index (χ2v) is 9.97. The molecule has 0 saturated carbocycles. The number of nitrogens with one attached hydrogen (secondary N) is 2. The van der Waals surface area contributed by atoms with Gasteiger partial charge in [0.25, 0.3) is 11.8 Å². The highest BCUT2D eigenvalue weighted by Gasteiger charge is 2.49. The number of ether oxygens (including phenoxy) is 1. The summed E-state index contributed by atoms with van der Waals surface area (Å²) in [7, 11) is 0. The number of halogens is 2. The Labute approximate surface area is 217 Å². The van der Waals surface area contributed by atoms with Gasteiger partial charge >= 0.3 is 0 Å². The van der Waals surface area contributed by atoms with Gasteiger partial charge in [0.05, 0.1) is 6.04 Å². The highest BCUT2D eigenvalue weighted by molar-refractivity contribution is 6.00. The molecule has 6 rings (SSSR count). The normalized spacial score (nSPS) is 21.3. The average molecular weight is 521 g/mol. The van der Waals surface area contributed by atoms with Crippen LogP contribution in [0.15, 0.2) is 53.3 Å². The number of fused-ring (bicyclic) bond motifs is 2. The number of rotatable bonds is 6. The molecule has 0 radical (unpaired) electrons. The Bertz CT molecular complexity index is 1510. The monoisotopic (exact) mass is 520 g/mol. The van der Waals surface area contributed by atoms with Gasteiger partial charge in [0, 0.05) is 36.5 Å². The lowest BCUT2D eigenvalue weighted by atomic mass is 10.1. The molecule has 38 heavy (non-hydrogen) atoms. The van der Waals surface area contributed by atoms with Crippen molar-refractivity contribution in [3.63, 3.8) is 0 Å². The molecule has 3 aliphatic heterocycles. The van der Waals surface area contributed by atoms with Crippen LogP contribution in [-0.2, 0) is 19.6 Å². The fourth-order valence-electron chi connectivity index (χ4n) is 5.77. The lowest BCUT2D eigenvalue weighted by Crippen LogP contribution is -2.52. The molecule has 2 unspecified atom stereocenters. The molecule has 2 amide bonds. The Hall–Kier alpha value is -4.05. The number of hydrogen-bond donors (Lipinski definition) is 2. The molecule has 3 aromatic rings. The van der Waals surface area contributed by atoms with Crippen LogP contribution in [0.25, 0.3) is 0 Å². The van der Waals surface area contributed by atoms with Crippen molar-refractivity contribution in [1.29, 1.82) is 0 Å². The molecule has 0 bridgehead atoms. The SMILES string of the molecule is C[C@H]1CN2C(=O)c3c(OCc4ccccc4)c(=O)c(C(=O)NCc4ccc(F)cc4F)c4n3C(CC4)C2N1. The summed E-state index contributed by atoms with van der Waals surface area (Å²) in [6, 6.07) is 12.2. The molecule has 0 aliphatic carbocycles. The second kappa shape index (κ2) is 9.36. The summed E-state index contributed by atoms with van der Waals surface area (Å²) in [5.41, 5.74) is 0.727. The zero-order chi connectivity index (χ0) is 26.6. The third-order valence-electron chi connectivity index (χ3n) is 7.47. The number of carbonyl (C=O) groups excluding carboxylic acids is 2. The Morgan fingerprint density at radius 2 is 1.95 bits per heavy atom. The van der Waals surface area contributed by atoms with Gasteiger partial charge in [0.15, 0.2) is 11.4 Å². The molecule has 3 atom stereocenters. The van der Waals surface area contributed by atoms with Crippen molar-refractivity contribution < 1.29 is 23.1 Å². The number of benzene rings is 2. The summed E-state index contributed by atoms with van der Waals surface area (Å²) in [6.45, 7) is 2.31. The first-order valence-corrected chi connectivity index (χ1v) is 12.6. The van der Waals surface area contributed by atoms with Crippen LogP contribution in [0.3, 0.4) is 0 Å². The zero-order valence-corrected chi connectivity index (χ0v) is 20.7. The standard InChI is InChI=1S/C28H26F2N4O4/c1-15-13-33-26(32-15)21-10-9-20-22(27(36)31-12-17-7-8-18(29)11-19(17)30)24(35)25(23(28(33)37)34(20)21)38-14-16-5-3-2-4-6-16/h2-8,11,15,21,26,32H,9-10,12-14H2,1H3,(H,31,36)/t15-,21?,26?/m0/s1. The maximum Gasteiger partial charge on any atom is 0.275 e. The Kier molecular flexibility index (Phi) is 5.98. The van der Waals surface area contributed by atoms with E-state index in [4.69, 9.17) is 4.74 Å². The molecule has 0 spiro atoms. The molecule has 2 aromatic carbocycles. The molecule has 1 saturated heterocycles. The summed E-state index contributed by atoms with van der Waals surface area (Å²) in [5, 5.41) is 6.05. The minimum absolute atomic E-state index is 0.0420. The van der Waals surface area contributed by atoms with E-state index in [2.05, 4.69) is 10.6 Å². The molecule has 2 N–H and O–H groups in total. The van der Waals surface area contributed by atoms with Crippen LogP contribution in [0.2, 0.25) is 0 Å². The lowest BCUT2D eigenvalue weighted by molar-refractivity contribution is 0.0588. The number of pyridine rings is 1. The minimum Gasteiger partial charge on any atom is -0.483 e. The van der Waals surface area contributed by atoms with E-state index in [1.807, 2.05) is 37.3 Å². The van der Waals surface area contributed by atoms with Crippen LogP contribution in [0, 0.1) is 11.6 Å². The lowest BCUT2D eigenvalue weighted by Gasteiger charge is -2.38. The summed E-state index contributed by atoms with van der Waals surface area (Å²) in [6.07, 6.45) is 0.808. The molecule has 3 aliphatic rings. The highest BCUT2D eigenvalue weighted by atomic mass is 19.1. The molecule has 1 fully saturated rings. The van der Waals surface area contributed by atoms with Crippen molar-refractivity contribution in [1.82, 2.24) is 20.1 Å². The predicted molar refractivity (Wildman–Crippen MR) is 134 cm³/mol. The molecule has 10 heteroatoms. The highest BCUT2D eigenvalue weighted by Crippen LogP contribution is 2.41. The van der Waals surface area contributed by atoms with Gasteiger partial charge < -0.3 is 19.5 Å². The first-order chi connectivity index (χ1) is 18.3. The fourth-order valence-corrected chi connectivity index (χ4v) is 5.77. The maximum atomic E-state index is 14.2. The minimum atomic E-state index is -0.795. The first kappa shape index (κ1) is 24.3. The third-order valence-corrected chi connectivity index (χ3v) is 7.47. The molecule has 4 heterocycles. The van der Waals surface area contributed by atoms with E-state index >= 15 is 0 Å². The van der Waals surface area contributed by atoms with Crippen LogP contribution >= 0.6 is 0 Å². The molecule has 8 nitrogen and oxygen atoms in total. The zero-order valence-electron chi connectivity index (χ0n) is 20.7. The van der Waals surface area contributed by atoms with Crippen molar-refractivity contribution in [2.24, 2.45) is 0 Å². The van der Waals surface area contributed by atoms with E-state index in [1.54, 1.807) is 9.47 Å². The van der Waals surface area contributed by atoms with Crippen LogP contribution in [0.1, 0.15) is 57.1 Å². The summed E-state index contributed by atoms with van der Waals surface area (Å²) in [4.78, 5) is 42.6. The van der Waals surface area contributed by atoms with Crippen molar-refractivity contribution in [3.8, 4) is 5.75 Å². The van der Waals surface area contributed by atoms with Gasteiger partial charge in [0.1, 0.15) is 30.0 Å². The summed E-state index contributed by atoms with van der Waals surface area (Å²) < 4.78 is 35.2. The number of amides is 2. The van der Waals surface area contributed by atoms with Gasteiger partial charge in [-0.1, -0.05) is 36.4 Å². The van der Waals surface area contributed by atoms with Gasteiger partial charge in [0.2, 0.25) is 5.43 Å². The van der Waals surface area contributed by atoms with Crippen molar-refractivity contribution in [2.75, 3.05) is 6.54 Å². The smallest absolute Gasteiger partial charge is 0.275 e. The maximum absolute atomic E-state index is 14.2. The number of nitrogens with zero attached hydrogens (tertiary/aromatic N) is 2. The predicted octanol–water partition coefficient (Wildman–Crippen LogP) is 2.90. The van der Waals surface area contributed by atoms with E-state index in [9.17, 15) is 23.2 Å². The Morgan fingerprint density at radius 1 is 1.16 bits per heavy atom. The number of carbonyl (C=O) groups is 2. The van der Waals surface area contributed by atoms with Gasteiger partial charge in [-0.25, -0.2) is 8.78 Å². The molecule has 1 aromatic heterocycles. The Morgan fingerprint density at radius 3 is 2.71 bits per heavy atom. The van der Waals surface area contributed by atoms with Crippen LogP contribution in [0.5, 0.6) is 5.75 Å². The third kappa shape index (κ3) is 3.96. The fraction of sp³-hybridized carbons (Fsp3) is 0.321. The largest absolute Gasteiger partial charge is 0.483 e. The molecule has 196 valence electrons. The van der Waals surface area contributed by atoms with Crippen LogP contribution in [0.4, 0.5) is 8.78 Å². The average Bonchev–Trinajstić information content (AvgIpc) is 3.50. The quantitative estimate of drug-likeness (QED) is 0.522. The van der Waals surface area contributed by atoms with Gasteiger partial charge in [-0.15, -0.1) is 0 Å². The van der Waals surface area contributed by atoms with Crippen LogP contribution < -0.4 is 20.8 Å². The second-order valence-electron chi connectivity index (χ2n) is 9.97. The molecular weight excluding hydrogens is 494 g/mol. The van der Waals surface area contributed by atoms with Crippen molar-refractivity contribution in [2.45, 2.75) is 51.2 Å². The van der Waals surface area contributed by atoms with E-state index in [-0.39, 0.29) is 59.9 Å². The molecular formula is C28H26F2N4O4. The summed E-state index contributed by atoms with van der Waals surface area (Å²) in [5.74, 6) is -2.69. The van der Waals surface area contributed by atoms with E-state index < -0.39 is 23.0 Å². The van der Waals surface area contributed by atoms with Gasteiger partial charge in [-0.05, 0) is 31.4 Å². The first-order valence-electron chi connectivity index (χ1n) is 12.6. The van der Waals surface area contributed by atoms with Gasteiger partial charge in [-0.2, -0.15) is 0 Å². The number of hydrogen-bond acceptors (Lipinski definition) is 5. The van der Waals surface area contributed by atoms with Crippen molar-refractivity contribution in [3.05, 3.63) is 98.5 Å². The topological polar surface area (TPSA) is 92.7 Å².